The van der Waals surface area contributed by atoms with Crippen LogP contribution in [-0.2, 0) is 23.8 Å². The van der Waals surface area contributed by atoms with E-state index in [4.69, 9.17) is 0 Å². The maximum atomic E-state index is 13.6. The Morgan fingerprint density at radius 1 is 1.15 bits per heavy atom. The summed E-state index contributed by atoms with van der Waals surface area (Å²) in [5, 5.41) is 2.73. The number of fused-ring (bicyclic) bond motifs is 3. The van der Waals surface area contributed by atoms with Crippen LogP contribution in [0.1, 0.15) is 37.6 Å². The molecule has 1 aromatic carbocycles. The molecular weight excluding hydrogens is 375 g/mol. The maximum absolute atomic E-state index is 13.6. The number of aryl methyl sites for hydroxylation is 1. The molecule has 3 rings (SSSR count). The van der Waals surface area contributed by atoms with Crippen LogP contribution in [0.25, 0.3) is 11.3 Å². The molecule has 1 N–H and O–H groups in total. The van der Waals surface area contributed by atoms with E-state index in [9.17, 15) is 18.0 Å². The molecule has 2 aromatic rings. The van der Waals surface area contributed by atoms with Crippen molar-refractivity contribution in [1.29, 1.82) is 0 Å². The van der Waals surface area contributed by atoms with Crippen LogP contribution in [0, 0.1) is 0 Å². The third-order valence-corrected chi connectivity index (χ3v) is 4.87. The maximum Gasteiger partial charge on any atom is 0.433 e. The van der Waals surface area contributed by atoms with Crippen LogP contribution in [0.15, 0.2) is 29.4 Å². The van der Waals surface area contributed by atoms with E-state index in [1.807, 2.05) is 32.9 Å². The van der Waals surface area contributed by atoms with Gasteiger partial charge in [-0.05, 0) is 39.2 Å². The molecule has 1 aliphatic rings. The van der Waals surface area contributed by atoms with Gasteiger partial charge in [-0.1, -0.05) is 36.0 Å². The van der Waals surface area contributed by atoms with Crippen molar-refractivity contribution in [1.82, 2.24) is 15.3 Å². The number of halogens is 3. The summed E-state index contributed by atoms with van der Waals surface area (Å²) in [6.07, 6.45) is -3.80. The van der Waals surface area contributed by atoms with E-state index in [0.29, 0.717) is 17.7 Å². The van der Waals surface area contributed by atoms with Gasteiger partial charge in [0.1, 0.15) is 0 Å². The average molecular weight is 395 g/mol. The summed E-state index contributed by atoms with van der Waals surface area (Å²) in [6, 6.07) is 7.33. The van der Waals surface area contributed by atoms with Gasteiger partial charge in [0, 0.05) is 16.7 Å². The lowest BCUT2D eigenvalue weighted by Gasteiger charge is -2.23. The summed E-state index contributed by atoms with van der Waals surface area (Å²) in [4.78, 5) is 20.1. The molecule has 0 saturated carbocycles. The van der Waals surface area contributed by atoms with Crippen LogP contribution < -0.4 is 5.32 Å². The number of thioether (sulfide) groups is 1. The monoisotopic (exact) mass is 395 g/mol. The van der Waals surface area contributed by atoms with Gasteiger partial charge in [0.25, 0.3) is 0 Å². The predicted octanol–water partition coefficient (Wildman–Crippen LogP) is 4.27. The molecule has 1 aliphatic carbocycles. The fraction of sp³-hybridized carbons (Fsp3) is 0.421. The minimum Gasteiger partial charge on any atom is -0.351 e. The molecular formula is C19H20F3N3OS. The van der Waals surface area contributed by atoms with Gasteiger partial charge in [-0.3, -0.25) is 4.79 Å². The number of nitrogens with zero attached hydrogens (tertiary/aromatic N) is 2. The summed E-state index contributed by atoms with van der Waals surface area (Å²) in [6.45, 7) is 5.51. The average Bonchev–Trinajstić information content (AvgIpc) is 2.56. The van der Waals surface area contributed by atoms with E-state index in [1.54, 1.807) is 12.1 Å². The summed E-state index contributed by atoms with van der Waals surface area (Å²) in [5.41, 5.74) is 0.805. The molecule has 8 heteroatoms. The number of hydrogen-bond acceptors (Lipinski definition) is 4. The third-order valence-electron chi connectivity index (χ3n) is 4.02. The normalized spacial score (nSPS) is 13.7. The quantitative estimate of drug-likeness (QED) is 0.623. The Kier molecular flexibility index (Phi) is 5.20. The largest absolute Gasteiger partial charge is 0.433 e. The van der Waals surface area contributed by atoms with Gasteiger partial charge in [0.05, 0.1) is 11.4 Å². The van der Waals surface area contributed by atoms with Crippen molar-refractivity contribution in [2.45, 2.75) is 50.5 Å². The lowest BCUT2D eigenvalue weighted by Crippen LogP contribution is -2.41. The molecule has 4 nitrogen and oxygen atoms in total. The van der Waals surface area contributed by atoms with Crippen molar-refractivity contribution in [3.05, 3.63) is 41.1 Å². The molecule has 0 aliphatic heterocycles. The topological polar surface area (TPSA) is 54.9 Å². The minimum absolute atomic E-state index is 0.0400. The molecule has 0 fully saturated rings. The molecule has 0 saturated heterocycles. The van der Waals surface area contributed by atoms with Gasteiger partial charge < -0.3 is 5.32 Å². The van der Waals surface area contributed by atoms with Crippen LogP contribution >= 0.6 is 11.8 Å². The summed E-state index contributed by atoms with van der Waals surface area (Å²) in [7, 11) is 0. The van der Waals surface area contributed by atoms with Crippen LogP contribution in [0.3, 0.4) is 0 Å². The lowest BCUT2D eigenvalue weighted by molar-refractivity contribution is -0.142. The van der Waals surface area contributed by atoms with Gasteiger partial charge in [0.2, 0.25) is 5.91 Å². The van der Waals surface area contributed by atoms with Crippen molar-refractivity contribution in [3.63, 3.8) is 0 Å². The molecule has 1 aromatic heterocycles. The predicted molar refractivity (Wildman–Crippen MR) is 98.5 cm³/mol. The first-order chi connectivity index (χ1) is 12.5. The van der Waals surface area contributed by atoms with E-state index >= 15 is 0 Å². The molecule has 0 unspecified atom stereocenters. The van der Waals surface area contributed by atoms with Gasteiger partial charge >= 0.3 is 6.18 Å². The molecule has 0 bridgehead atoms. The number of rotatable bonds is 3. The smallest absolute Gasteiger partial charge is 0.351 e. The number of aromatic nitrogens is 2. The van der Waals surface area contributed by atoms with Gasteiger partial charge in [0.15, 0.2) is 10.9 Å². The third kappa shape index (κ3) is 4.61. The first-order valence-corrected chi connectivity index (χ1v) is 9.53. The number of amides is 1. The molecule has 27 heavy (non-hydrogen) atoms. The number of carbonyl (C=O) groups excluding carboxylic acids is 1. The lowest BCUT2D eigenvalue weighted by atomic mass is 9.88. The number of alkyl halides is 3. The molecule has 1 heterocycles. The van der Waals surface area contributed by atoms with Crippen molar-refractivity contribution in [2.24, 2.45) is 0 Å². The Balaban J connectivity index is 1.96. The van der Waals surface area contributed by atoms with E-state index in [0.717, 1.165) is 17.3 Å². The number of carbonyl (C=O) groups is 1. The van der Waals surface area contributed by atoms with E-state index in [-0.39, 0.29) is 28.8 Å². The Morgan fingerprint density at radius 2 is 1.85 bits per heavy atom. The zero-order chi connectivity index (χ0) is 19.8. The highest BCUT2D eigenvalue weighted by Crippen LogP contribution is 2.40. The fourth-order valence-electron chi connectivity index (χ4n) is 3.04. The standard InChI is InChI=1S/C19H20F3N3OS/c1-18(2,3)25-14(26)10-27-17-23-15-12-7-5-4-6-11(12)8-9-13(15)16(24-17)19(20,21)22/h4-7H,8-10H2,1-3H3,(H,25,26). The second-order valence-electron chi connectivity index (χ2n) is 7.42. The molecule has 1 amide bonds. The zero-order valence-electron chi connectivity index (χ0n) is 15.3. The van der Waals surface area contributed by atoms with Crippen LogP contribution in [0.2, 0.25) is 0 Å². The fourth-order valence-corrected chi connectivity index (χ4v) is 3.68. The summed E-state index contributed by atoms with van der Waals surface area (Å²) >= 11 is 0.913. The summed E-state index contributed by atoms with van der Waals surface area (Å²) < 4.78 is 40.7. The van der Waals surface area contributed by atoms with Gasteiger partial charge in [-0.15, -0.1) is 0 Å². The number of hydrogen-bond donors (Lipinski definition) is 1. The van der Waals surface area contributed by atoms with E-state index in [1.165, 1.54) is 0 Å². The molecule has 0 spiro atoms. The van der Waals surface area contributed by atoms with Crippen LogP contribution in [0.4, 0.5) is 13.2 Å². The van der Waals surface area contributed by atoms with Gasteiger partial charge in [-0.2, -0.15) is 13.2 Å². The zero-order valence-corrected chi connectivity index (χ0v) is 16.1. The first-order valence-electron chi connectivity index (χ1n) is 8.55. The van der Waals surface area contributed by atoms with Crippen LogP contribution in [-0.4, -0.2) is 27.2 Å². The SMILES string of the molecule is CC(C)(C)NC(=O)CSc1nc2c(c(C(F)(F)F)n1)CCc1ccccc1-2. The Bertz CT molecular complexity index is 875. The summed E-state index contributed by atoms with van der Waals surface area (Å²) in [5.74, 6) is -0.322. The molecule has 0 atom stereocenters. The second kappa shape index (κ2) is 7.14. The number of benzene rings is 1. The van der Waals surface area contributed by atoms with Crippen molar-refractivity contribution >= 4 is 17.7 Å². The van der Waals surface area contributed by atoms with Crippen molar-refractivity contribution < 1.29 is 18.0 Å². The highest BCUT2D eigenvalue weighted by atomic mass is 32.2. The van der Waals surface area contributed by atoms with E-state index < -0.39 is 17.4 Å². The highest BCUT2D eigenvalue weighted by Gasteiger charge is 2.38. The van der Waals surface area contributed by atoms with Crippen molar-refractivity contribution in [2.75, 3.05) is 5.75 Å². The second-order valence-corrected chi connectivity index (χ2v) is 8.37. The first kappa shape index (κ1) is 19.7. The van der Waals surface area contributed by atoms with Crippen LogP contribution in [0.5, 0.6) is 0 Å². The highest BCUT2D eigenvalue weighted by molar-refractivity contribution is 7.99. The van der Waals surface area contributed by atoms with Gasteiger partial charge in [-0.25, -0.2) is 9.97 Å². The van der Waals surface area contributed by atoms with Crippen molar-refractivity contribution in [3.8, 4) is 11.3 Å². The Morgan fingerprint density at radius 3 is 2.52 bits per heavy atom. The molecule has 144 valence electrons. The Labute approximate surface area is 160 Å². The Hall–Kier alpha value is -2.09. The van der Waals surface area contributed by atoms with E-state index in [2.05, 4.69) is 15.3 Å². The minimum atomic E-state index is -4.57. The molecule has 0 radical (unpaired) electrons. The number of nitrogens with one attached hydrogen (secondary N) is 1.